The van der Waals surface area contributed by atoms with Gasteiger partial charge < -0.3 is 19.9 Å². The lowest BCUT2D eigenvalue weighted by molar-refractivity contribution is 0.0234. The highest BCUT2D eigenvalue weighted by atomic mass is 16.5. The standard InChI is InChI=1S/C20H22N2O4/c1-25-18-5-3-14(11-21-18)19(15-9-16(23)10-15)22-20(24)13-2-4-17-12(8-13)6-7-26-17/h2-5,8,11,15-16,19,23H,6-7,9-10H2,1H3,(H,22,24). The first-order valence-electron chi connectivity index (χ1n) is 8.88. The summed E-state index contributed by atoms with van der Waals surface area (Å²) in [4.78, 5) is 17.1. The van der Waals surface area contributed by atoms with Crippen molar-refractivity contribution >= 4 is 5.91 Å². The number of benzene rings is 1. The Labute approximate surface area is 152 Å². The molecule has 0 radical (unpaired) electrons. The summed E-state index contributed by atoms with van der Waals surface area (Å²) in [5.74, 6) is 1.47. The second kappa shape index (κ2) is 6.96. The molecule has 2 aliphatic rings. The number of methoxy groups -OCH3 is 1. The van der Waals surface area contributed by atoms with Gasteiger partial charge in [-0.1, -0.05) is 6.07 Å². The van der Waals surface area contributed by atoms with Gasteiger partial charge in [0.15, 0.2) is 0 Å². The average molecular weight is 354 g/mol. The molecule has 1 aliphatic heterocycles. The highest BCUT2D eigenvalue weighted by Gasteiger charge is 2.36. The third kappa shape index (κ3) is 3.24. The van der Waals surface area contributed by atoms with Crippen LogP contribution in [0.15, 0.2) is 36.5 Å². The van der Waals surface area contributed by atoms with Gasteiger partial charge in [0.2, 0.25) is 5.88 Å². The number of hydrogen-bond donors (Lipinski definition) is 2. The van der Waals surface area contributed by atoms with E-state index in [4.69, 9.17) is 9.47 Å². The van der Waals surface area contributed by atoms with Crippen LogP contribution in [-0.2, 0) is 6.42 Å². The zero-order chi connectivity index (χ0) is 18.1. The van der Waals surface area contributed by atoms with Gasteiger partial charge in [-0.15, -0.1) is 0 Å². The van der Waals surface area contributed by atoms with E-state index in [0.29, 0.717) is 30.9 Å². The average Bonchev–Trinajstić information content (AvgIpc) is 3.11. The van der Waals surface area contributed by atoms with E-state index in [-0.39, 0.29) is 24.0 Å². The van der Waals surface area contributed by atoms with Crippen LogP contribution < -0.4 is 14.8 Å². The first-order valence-corrected chi connectivity index (χ1v) is 8.88. The van der Waals surface area contributed by atoms with Gasteiger partial charge >= 0.3 is 0 Å². The van der Waals surface area contributed by atoms with E-state index in [1.807, 2.05) is 18.2 Å². The largest absolute Gasteiger partial charge is 0.493 e. The minimum atomic E-state index is -0.289. The van der Waals surface area contributed by atoms with E-state index in [2.05, 4.69) is 10.3 Å². The van der Waals surface area contributed by atoms with Crippen LogP contribution in [0.5, 0.6) is 11.6 Å². The summed E-state index contributed by atoms with van der Waals surface area (Å²) in [6, 6.07) is 9.06. The molecule has 1 atom stereocenters. The van der Waals surface area contributed by atoms with Crippen molar-refractivity contribution < 1.29 is 19.4 Å². The number of aliphatic hydroxyl groups is 1. The van der Waals surface area contributed by atoms with Gasteiger partial charge in [-0.05, 0) is 48.1 Å². The molecule has 6 heteroatoms. The number of aliphatic hydroxyl groups excluding tert-OH is 1. The summed E-state index contributed by atoms with van der Waals surface area (Å²) >= 11 is 0. The van der Waals surface area contributed by atoms with Crippen molar-refractivity contribution in [2.75, 3.05) is 13.7 Å². The smallest absolute Gasteiger partial charge is 0.251 e. The Morgan fingerprint density at radius 3 is 2.88 bits per heavy atom. The number of hydrogen-bond acceptors (Lipinski definition) is 5. The van der Waals surface area contributed by atoms with Crippen molar-refractivity contribution in [1.29, 1.82) is 0 Å². The molecule has 1 amide bonds. The normalized spacial score (nSPS) is 21.9. The quantitative estimate of drug-likeness (QED) is 0.861. The molecule has 1 aromatic carbocycles. The van der Waals surface area contributed by atoms with Crippen molar-refractivity contribution in [3.63, 3.8) is 0 Å². The number of nitrogens with one attached hydrogen (secondary N) is 1. The molecule has 6 nitrogen and oxygen atoms in total. The second-order valence-electron chi connectivity index (χ2n) is 6.89. The number of carbonyl (C=O) groups is 1. The predicted octanol–water partition coefficient (Wildman–Crippen LogP) is 2.27. The van der Waals surface area contributed by atoms with E-state index < -0.39 is 0 Å². The second-order valence-corrected chi connectivity index (χ2v) is 6.89. The lowest BCUT2D eigenvalue weighted by atomic mass is 9.75. The first-order chi connectivity index (χ1) is 12.6. The number of carbonyl (C=O) groups excluding carboxylic acids is 1. The fourth-order valence-electron chi connectivity index (χ4n) is 3.62. The molecule has 1 aliphatic carbocycles. The van der Waals surface area contributed by atoms with Crippen LogP contribution in [0.4, 0.5) is 0 Å². The number of rotatable bonds is 5. The van der Waals surface area contributed by atoms with Crippen molar-refractivity contribution in [1.82, 2.24) is 10.3 Å². The number of fused-ring (bicyclic) bond motifs is 1. The van der Waals surface area contributed by atoms with Crippen LogP contribution in [0.1, 0.15) is 40.4 Å². The molecule has 1 unspecified atom stereocenters. The molecule has 0 spiro atoms. The van der Waals surface area contributed by atoms with E-state index >= 15 is 0 Å². The molecule has 2 heterocycles. The molecule has 2 aromatic rings. The Balaban J connectivity index is 1.55. The van der Waals surface area contributed by atoms with Gasteiger partial charge in [0, 0.05) is 24.2 Å². The Morgan fingerprint density at radius 1 is 1.35 bits per heavy atom. The van der Waals surface area contributed by atoms with Crippen molar-refractivity contribution in [2.45, 2.75) is 31.4 Å². The van der Waals surface area contributed by atoms with E-state index in [1.54, 1.807) is 25.4 Å². The zero-order valence-corrected chi connectivity index (χ0v) is 14.6. The number of aromatic nitrogens is 1. The van der Waals surface area contributed by atoms with E-state index in [9.17, 15) is 9.90 Å². The Bertz CT molecular complexity index is 800. The van der Waals surface area contributed by atoms with Gasteiger partial charge in [-0.2, -0.15) is 0 Å². The van der Waals surface area contributed by atoms with Crippen molar-refractivity contribution in [2.24, 2.45) is 5.92 Å². The number of amides is 1. The van der Waals surface area contributed by atoms with Crippen LogP contribution in [0.2, 0.25) is 0 Å². The fraction of sp³-hybridized carbons (Fsp3) is 0.400. The molecule has 136 valence electrons. The third-order valence-electron chi connectivity index (χ3n) is 5.19. The van der Waals surface area contributed by atoms with Crippen LogP contribution in [0, 0.1) is 5.92 Å². The third-order valence-corrected chi connectivity index (χ3v) is 5.19. The van der Waals surface area contributed by atoms with Crippen LogP contribution >= 0.6 is 0 Å². The minimum absolute atomic E-state index is 0.123. The molecular weight excluding hydrogens is 332 g/mol. The van der Waals surface area contributed by atoms with Gasteiger partial charge in [0.1, 0.15) is 5.75 Å². The molecule has 2 N–H and O–H groups in total. The molecule has 4 rings (SSSR count). The summed E-state index contributed by atoms with van der Waals surface area (Å²) in [6.07, 6.45) is 3.62. The van der Waals surface area contributed by atoms with Gasteiger partial charge in [-0.3, -0.25) is 4.79 Å². The van der Waals surface area contributed by atoms with Gasteiger partial charge in [-0.25, -0.2) is 4.98 Å². The minimum Gasteiger partial charge on any atom is -0.493 e. The first kappa shape index (κ1) is 16.8. The summed E-state index contributed by atoms with van der Waals surface area (Å²) in [5, 5.41) is 12.8. The maximum atomic E-state index is 12.8. The number of nitrogens with zero attached hydrogens (tertiary/aromatic N) is 1. The maximum absolute atomic E-state index is 12.8. The van der Waals surface area contributed by atoms with Gasteiger partial charge in [0.05, 0.1) is 25.9 Å². The maximum Gasteiger partial charge on any atom is 0.251 e. The summed E-state index contributed by atoms with van der Waals surface area (Å²) in [7, 11) is 1.57. The Kier molecular flexibility index (Phi) is 4.51. The summed E-state index contributed by atoms with van der Waals surface area (Å²) in [5.41, 5.74) is 2.61. The highest BCUT2D eigenvalue weighted by Crippen LogP contribution is 2.38. The summed E-state index contributed by atoms with van der Waals surface area (Å²) in [6.45, 7) is 0.667. The molecular formula is C20H22N2O4. The predicted molar refractivity (Wildman–Crippen MR) is 95.4 cm³/mol. The summed E-state index contributed by atoms with van der Waals surface area (Å²) < 4.78 is 10.6. The molecule has 26 heavy (non-hydrogen) atoms. The van der Waals surface area contributed by atoms with Crippen molar-refractivity contribution in [3.05, 3.63) is 53.2 Å². The zero-order valence-electron chi connectivity index (χ0n) is 14.6. The fourth-order valence-corrected chi connectivity index (χ4v) is 3.62. The molecule has 0 bridgehead atoms. The molecule has 1 fully saturated rings. The Hall–Kier alpha value is -2.60. The van der Waals surface area contributed by atoms with E-state index in [0.717, 1.165) is 23.3 Å². The van der Waals surface area contributed by atoms with E-state index in [1.165, 1.54) is 0 Å². The lowest BCUT2D eigenvalue weighted by Crippen LogP contribution is -2.41. The lowest BCUT2D eigenvalue weighted by Gasteiger charge is -2.38. The van der Waals surface area contributed by atoms with Gasteiger partial charge in [0.25, 0.3) is 5.91 Å². The van der Waals surface area contributed by atoms with Crippen LogP contribution in [0.25, 0.3) is 0 Å². The highest BCUT2D eigenvalue weighted by molar-refractivity contribution is 5.95. The SMILES string of the molecule is COc1ccc(C(NC(=O)c2ccc3c(c2)CCO3)C2CC(O)C2)cn1. The molecule has 1 saturated carbocycles. The number of ether oxygens (including phenoxy) is 2. The van der Waals surface area contributed by atoms with Crippen LogP contribution in [0.3, 0.4) is 0 Å². The monoisotopic (exact) mass is 354 g/mol. The molecule has 0 saturated heterocycles. The van der Waals surface area contributed by atoms with Crippen molar-refractivity contribution in [3.8, 4) is 11.6 Å². The topological polar surface area (TPSA) is 80.7 Å². The number of pyridine rings is 1. The van der Waals surface area contributed by atoms with Crippen LogP contribution in [-0.4, -0.2) is 35.8 Å². The Morgan fingerprint density at radius 2 is 2.19 bits per heavy atom. The molecule has 1 aromatic heterocycles.